The Hall–Kier alpha value is -2.36. The van der Waals surface area contributed by atoms with E-state index in [1.807, 2.05) is 6.07 Å². The van der Waals surface area contributed by atoms with E-state index in [2.05, 4.69) is 0 Å². The molecule has 0 aliphatic carbocycles. The number of rotatable bonds is 5. The van der Waals surface area contributed by atoms with Crippen LogP contribution in [0, 0.1) is 17.6 Å². The topological polar surface area (TPSA) is 83.9 Å². The van der Waals surface area contributed by atoms with Crippen molar-refractivity contribution in [3.63, 3.8) is 0 Å². The molecule has 0 aromatic heterocycles. The number of halogens is 2. The van der Waals surface area contributed by atoms with Gasteiger partial charge in [-0.05, 0) is 56.4 Å². The molecule has 2 aliphatic rings. The number of hydrogen-bond donors (Lipinski definition) is 1. The van der Waals surface area contributed by atoms with Crippen molar-refractivity contribution in [1.82, 2.24) is 4.31 Å². The molecule has 2 aliphatic heterocycles. The second-order valence-electron chi connectivity index (χ2n) is 9.22. The molecule has 0 saturated carbocycles. The van der Waals surface area contributed by atoms with Crippen LogP contribution in [0.4, 0.5) is 8.78 Å². The zero-order valence-electron chi connectivity index (χ0n) is 19.2. The van der Waals surface area contributed by atoms with Crippen LogP contribution in [-0.2, 0) is 26.1 Å². The third kappa shape index (κ3) is 4.61. The molecule has 5 atom stereocenters. The first-order valence-corrected chi connectivity index (χ1v) is 13.0. The summed E-state index contributed by atoms with van der Waals surface area (Å²) in [5.41, 5.74) is 0.534. The second kappa shape index (κ2) is 9.71. The zero-order chi connectivity index (χ0) is 24.6. The lowest BCUT2D eigenvalue weighted by Gasteiger charge is -2.38. The minimum atomic E-state index is -3.81. The van der Waals surface area contributed by atoms with Crippen LogP contribution in [0.25, 0.3) is 0 Å². The molecule has 34 heavy (non-hydrogen) atoms. The molecule has 1 N–H and O–H groups in total. The molecule has 1 unspecified atom stereocenters. The van der Waals surface area contributed by atoms with E-state index < -0.39 is 50.8 Å². The van der Waals surface area contributed by atoms with Crippen LogP contribution < -0.4 is 0 Å². The number of sulfonamides is 1. The highest BCUT2D eigenvalue weighted by Crippen LogP contribution is 2.40. The van der Waals surface area contributed by atoms with Gasteiger partial charge in [0.25, 0.3) is 0 Å². The van der Waals surface area contributed by atoms with Gasteiger partial charge >= 0.3 is 5.97 Å². The van der Waals surface area contributed by atoms with Gasteiger partial charge in [0, 0.05) is 30.7 Å². The van der Waals surface area contributed by atoms with Crippen LogP contribution in [-0.4, -0.2) is 42.6 Å². The predicted octanol–water partition coefficient (Wildman–Crippen LogP) is 4.61. The maximum Gasteiger partial charge on any atom is 0.307 e. The maximum atomic E-state index is 15.2. The van der Waals surface area contributed by atoms with E-state index in [-0.39, 0.29) is 36.7 Å². The minimum absolute atomic E-state index is 0.0578. The van der Waals surface area contributed by atoms with Crippen molar-refractivity contribution < 1.29 is 31.8 Å². The van der Waals surface area contributed by atoms with Gasteiger partial charge in [0.15, 0.2) is 0 Å². The molecule has 2 fully saturated rings. The molecule has 0 radical (unpaired) electrons. The third-order valence-electron chi connectivity index (χ3n) is 7.11. The molecular formula is C25H29F2NO5S. The number of carboxylic acids is 1. The van der Waals surface area contributed by atoms with E-state index >= 15 is 8.78 Å². The lowest BCUT2D eigenvalue weighted by atomic mass is 9.78. The number of ether oxygens (including phenoxy) is 1. The SMILES string of the molecule is CC1OCC[C@H](C(=O)O)[C@H]1c1cc(F)c(CN2[C@@H](C)CC[C@H](c3ccccc3)S2(=O)=O)cc1F. The Balaban J connectivity index is 1.65. The van der Waals surface area contributed by atoms with Crippen LogP contribution in [0.5, 0.6) is 0 Å². The lowest BCUT2D eigenvalue weighted by Crippen LogP contribution is -2.45. The van der Waals surface area contributed by atoms with E-state index in [0.717, 1.165) is 12.1 Å². The van der Waals surface area contributed by atoms with Crippen LogP contribution in [0.2, 0.25) is 0 Å². The van der Waals surface area contributed by atoms with Crippen molar-refractivity contribution in [1.29, 1.82) is 0 Å². The monoisotopic (exact) mass is 493 g/mol. The largest absolute Gasteiger partial charge is 0.481 e. The van der Waals surface area contributed by atoms with E-state index in [9.17, 15) is 18.3 Å². The van der Waals surface area contributed by atoms with Gasteiger partial charge in [-0.2, -0.15) is 4.31 Å². The molecule has 2 aromatic rings. The summed E-state index contributed by atoms with van der Waals surface area (Å²) in [6.45, 7) is 3.36. The minimum Gasteiger partial charge on any atom is -0.481 e. The Kier molecular flexibility index (Phi) is 7.07. The second-order valence-corrected chi connectivity index (χ2v) is 11.3. The molecule has 6 nitrogen and oxygen atoms in total. The van der Waals surface area contributed by atoms with Gasteiger partial charge in [-0.3, -0.25) is 4.79 Å². The quantitative estimate of drug-likeness (QED) is 0.658. The summed E-state index contributed by atoms with van der Waals surface area (Å²) in [6, 6.07) is 10.5. The number of aliphatic carboxylic acids is 1. The van der Waals surface area contributed by atoms with Crippen molar-refractivity contribution in [2.75, 3.05) is 6.61 Å². The fourth-order valence-electron chi connectivity index (χ4n) is 5.24. The maximum absolute atomic E-state index is 15.2. The van der Waals surface area contributed by atoms with Gasteiger partial charge < -0.3 is 9.84 Å². The van der Waals surface area contributed by atoms with Gasteiger partial charge in [-0.25, -0.2) is 17.2 Å². The van der Waals surface area contributed by atoms with Crippen molar-refractivity contribution in [3.8, 4) is 0 Å². The van der Waals surface area contributed by atoms with Gasteiger partial charge in [0.2, 0.25) is 10.0 Å². The van der Waals surface area contributed by atoms with Gasteiger partial charge in [0.05, 0.1) is 12.0 Å². The molecule has 0 bridgehead atoms. The first kappa shape index (κ1) is 24.8. The molecule has 2 aromatic carbocycles. The first-order valence-electron chi connectivity index (χ1n) is 11.5. The van der Waals surface area contributed by atoms with E-state index in [1.165, 1.54) is 4.31 Å². The number of hydrogen-bond acceptors (Lipinski definition) is 4. The van der Waals surface area contributed by atoms with Crippen molar-refractivity contribution in [2.45, 2.75) is 63.0 Å². The highest BCUT2D eigenvalue weighted by Gasteiger charge is 2.42. The molecule has 9 heteroatoms. The summed E-state index contributed by atoms with van der Waals surface area (Å²) in [6.07, 6.45) is 0.662. The number of nitrogens with zero attached hydrogens (tertiary/aromatic N) is 1. The summed E-state index contributed by atoms with van der Waals surface area (Å²) in [4.78, 5) is 11.7. The fourth-order valence-corrected chi connectivity index (χ4v) is 7.43. The number of benzene rings is 2. The molecular weight excluding hydrogens is 464 g/mol. The molecule has 2 saturated heterocycles. The van der Waals surface area contributed by atoms with Gasteiger partial charge in [-0.1, -0.05) is 30.3 Å². The Morgan fingerprint density at radius 1 is 1.09 bits per heavy atom. The van der Waals surface area contributed by atoms with E-state index in [1.54, 1.807) is 38.1 Å². The standard InChI is InChI=1S/C25H29F2NO5S/c1-15-8-9-23(17-6-4-3-5-7-17)34(31,32)28(15)14-18-12-22(27)20(13-21(18)26)24-16(2)33-11-10-19(24)25(29)30/h3-7,12-13,15-16,19,23-24H,8-11,14H2,1-2H3,(H,29,30)/t15-,16?,19-,23+,24-/m0/s1. The summed E-state index contributed by atoms with van der Waals surface area (Å²) < 4.78 is 64.1. The molecule has 4 rings (SSSR count). The summed E-state index contributed by atoms with van der Waals surface area (Å²) in [7, 11) is -3.81. The summed E-state index contributed by atoms with van der Waals surface area (Å²) in [5, 5.41) is 8.84. The van der Waals surface area contributed by atoms with Gasteiger partial charge in [0.1, 0.15) is 16.9 Å². The fraction of sp³-hybridized carbons (Fsp3) is 0.480. The van der Waals surface area contributed by atoms with Crippen molar-refractivity contribution in [3.05, 3.63) is 70.8 Å². The summed E-state index contributed by atoms with van der Waals surface area (Å²) >= 11 is 0. The van der Waals surface area contributed by atoms with E-state index in [0.29, 0.717) is 18.4 Å². The highest BCUT2D eigenvalue weighted by molar-refractivity contribution is 7.89. The van der Waals surface area contributed by atoms with Crippen molar-refractivity contribution >= 4 is 16.0 Å². The first-order chi connectivity index (χ1) is 16.1. The Labute approximate surface area is 198 Å². The normalized spacial score (nSPS) is 29.6. The smallest absolute Gasteiger partial charge is 0.307 e. The number of carboxylic acid groups (broad SMARTS) is 1. The molecule has 184 valence electrons. The summed E-state index contributed by atoms with van der Waals surface area (Å²) in [5.74, 6) is -4.33. The highest BCUT2D eigenvalue weighted by atomic mass is 32.2. The van der Waals surface area contributed by atoms with Gasteiger partial charge in [-0.15, -0.1) is 0 Å². The zero-order valence-corrected chi connectivity index (χ0v) is 20.0. The number of carbonyl (C=O) groups is 1. The van der Waals surface area contributed by atoms with Crippen molar-refractivity contribution in [2.24, 2.45) is 5.92 Å². The average Bonchev–Trinajstić information content (AvgIpc) is 2.79. The molecule has 0 amide bonds. The van der Waals surface area contributed by atoms with Crippen LogP contribution >= 0.6 is 0 Å². The third-order valence-corrected chi connectivity index (χ3v) is 9.48. The average molecular weight is 494 g/mol. The lowest BCUT2D eigenvalue weighted by molar-refractivity contribution is -0.148. The van der Waals surface area contributed by atoms with Crippen LogP contribution in [0.3, 0.4) is 0 Å². The Bertz CT molecular complexity index is 1160. The van der Waals surface area contributed by atoms with E-state index in [4.69, 9.17) is 4.74 Å². The Morgan fingerprint density at radius 3 is 2.47 bits per heavy atom. The molecule has 0 spiro atoms. The predicted molar refractivity (Wildman–Crippen MR) is 123 cm³/mol. The Morgan fingerprint density at radius 2 is 1.79 bits per heavy atom. The molecule has 2 heterocycles. The van der Waals surface area contributed by atoms with Crippen LogP contribution in [0.15, 0.2) is 42.5 Å². The van der Waals surface area contributed by atoms with Crippen LogP contribution in [0.1, 0.15) is 61.0 Å².